The van der Waals surface area contributed by atoms with Crippen molar-refractivity contribution in [1.82, 2.24) is 14.9 Å². The maximum atomic E-state index is 5.73. The molecule has 2 aromatic carbocycles. The Kier molecular flexibility index (Phi) is 7.37. The van der Waals surface area contributed by atoms with Gasteiger partial charge in [-0.1, -0.05) is 38.0 Å². The van der Waals surface area contributed by atoms with Crippen molar-refractivity contribution < 1.29 is 9.47 Å². The quantitative estimate of drug-likeness (QED) is 0.298. The van der Waals surface area contributed by atoms with E-state index < -0.39 is 0 Å². The van der Waals surface area contributed by atoms with Crippen molar-refractivity contribution in [2.75, 3.05) is 6.61 Å². The largest absolute Gasteiger partial charge is 0.494 e. The van der Waals surface area contributed by atoms with Crippen molar-refractivity contribution in [2.24, 2.45) is 5.10 Å². The fourth-order valence-electron chi connectivity index (χ4n) is 2.52. The van der Waals surface area contributed by atoms with E-state index in [4.69, 9.17) is 21.7 Å². The minimum atomic E-state index is 0.263. The molecule has 1 aromatic heterocycles. The summed E-state index contributed by atoms with van der Waals surface area (Å²) in [5.74, 6) is 2.23. The molecule has 0 atom stereocenters. The van der Waals surface area contributed by atoms with Gasteiger partial charge < -0.3 is 9.47 Å². The van der Waals surface area contributed by atoms with Crippen LogP contribution in [-0.4, -0.2) is 27.7 Å². The van der Waals surface area contributed by atoms with Gasteiger partial charge in [-0.25, -0.2) is 5.10 Å². The molecule has 3 aromatic rings. The van der Waals surface area contributed by atoms with Crippen LogP contribution in [0.2, 0.25) is 0 Å². The number of unbranched alkanes of at least 4 members (excludes halogenated alkanes) is 2. The first-order valence-corrected chi connectivity index (χ1v) is 9.78. The van der Waals surface area contributed by atoms with E-state index in [0.717, 1.165) is 30.1 Å². The zero-order chi connectivity index (χ0) is 19.6. The Morgan fingerprint density at radius 1 is 1.04 bits per heavy atom. The summed E-state index contributed by atoms with van der Waals surface area (Å²) in [5.41, 5.74) is 0.943. The Hall–Kier alpha value is -2.93. The molecule has 7 heteroatoms. The second-order valence-electron chi connectivity index (χ2n) is 6.23. The second-order valence-corrected chi connectivity index (χ2v) is 6.61. The predicted octanol–water partition coefficient (Wildman–Crippen LogP) is 4.97. The lowest BCUT2D eigenvalue weighted by Crippen LogP contribution is -2.04. The summed E-state index contributed by atoms with van der Waals surface area (Å²) >= 11 is 5.26. The number of H-pyrrole nitrogens is 1. The van der Waals surface area contributed by atoms with Crippen LogP contribution in [0.25, 0.3) is 0 Å². The van der Waals surface area contributed by atoms with E-state index in [2.05, 4.69) is 22.2 Å². The molecule has 28 heavy (non-hydrogen) atoms. The Labute approximate surface area is 169 Å². The zero-order valence-corrected chi connectivity index (χ0v) is 16.7. The summed E-state index contributed by atoms with van der Waals surface area (Å²) in [7, 11) is 0. The topological polar surface area (TPSA) is 64.4 Å². The van der Waals surface area contributed by atoms with E-state index >= 15 is 0 Å². The predicted molar refractivity (Wildman–Crippen MR) is 113 cm³/mol. The summed E-state index contributed by atoms with van der Waals surface area (Å²) in [4.78, 5) is 0. The highest BCUT2D eigenvalue weighted by atomic mass is 32.1. The van der Waals surface area contributed by atoms with Gasteiger partial charge in [0.2, 0.25) is 4.77 Å². The molecule has 0 saturated heterocycles. The third kappa shape index (κ3) is 5.79. The van der Waals surface area contributed by atoms with Crippen molar-refractivity contribution in [3.05, 3.63) is 70.8 Å². The van der Waals surface area contributed by atoms with Crippen LogP contribution in [0.15, 0.2) is 59.7 Å². The van der Waals surface area contributed by atoms with Gasteiger partial charge in [0, 0.05) is 0 Å². The van der Waals surface area contributed by atoms with Gasteiger partial charge in [-0.05, 0) is 60.6 Å². The number of hydrogen-bond acceptors (Lipinski definition) is 5. The molecule has 1 heterocycles. The lowest BCUT2D eigenvalue weighted by Gasteiger charge is -2.06. The van der Waals surface area contributed by atoms with Gasteiger partial charge in [-0.2, -0.15) is 14.9 Å². The number of ether oxygens (including phenoxy) is 2. The first kappa shape index (κ1) is 19.8. The van der Waals surface area contributed by atoms with Crippen molar-refractivity contribution in [2.45, 2.75) is 32.8 Å². The third-order valence-electron chi connectivity index (χ3n) is 4.05. The molecule has 0 aliphatic heterocycles. The average Bonchev–Trinajstić information content (AvgIpc) is 3.09. The molecule has 0 spiro atoms. The van der Waals surface area contributed by atoms with E-state index in [9.17, 15) is 0 Å². The van der Waals surface area contributed by atoms with E-state index in [-0.39, 0.29) is 6.61 Å². The molecule has 0 fully saturated rings. The number of nitrogens with one attached hydrogen (secondary N) is 1. The maximum Gasteiger partial charge on any atom is 0.216 e. The molecule has 0 bridgehead atoms. The summed E-state index contributed by atoms with van der Waals surface area (Å²) in [6.45, 7) is 3.19. The molecule has 1 N–H and O–H groups in total. The van der Waals surface area contributed by atoms with Crippen LogP contribution in [0.4, 0.5) is 0 Å². The molecule has 0 amide bonds. The van der Waals surface area contributed by atoms with E-state index in [1.165, 1.54) is 12.8 Å². The number of aromatic amines is 1. The first-order chi connectivity index (χ1) is 13.8. The SMILES string of the molecule is CCCCCOc1ccc(/C=N/n2c(COc3ccccc3)n[nH]c2=S)cc1. The fourth-order valence-corrected chi connectivity index (χ4v) is 2.72. The number of rotatable bonds is 10. The van der Waals surface area contributed by atoms with E-state index in [1.807, 2.05) is 54.6 Å². The van der Waals surface area contributed by atoms with Crippen LogP contribution >= 0.6 is 12.2 Å². The summed E-state index contributed by atoms with van der Waals surface area (Å²) in [6, 6.07) is 17.4. The minimum Gasteiger partial charge on any atom is -0.494 e. The molecular formula is C21H24N4O2S. The molecule has 6 nitrogen and oxygen atoms in total. The zero-order valence-electron chi connectivity index (χ0n) is 15.9. The van der Waals surface area contributed by atoms with Crippen molar-refractivity contribution in [1.29, 1.82) is 0 Å². The molecule has 0 aliphatic carbocycles. The molecule has 0 unspecified atom stereocenters. The van der Waals surface area contributed by atoms with Crippen LogP contribution in [0.1, 0.15) is 37.6 Å². The number of aromatic nitrogens is 3. The second kappa shape index (κ2) is 10.4. The van der Waals surface area contributed by atoms with Crippen LogP contribution in [0.3, 0.4) is 0 Å². The highest BCUT2D eigenvalue weighted by Gasteiger charge is 2.06. The van der Waals surface area contributed by atoms with Crippen LogP contribution in [0, 0.1) is 4.77 Å². The van der Waals surface area contributed by atoms with Gasteiger partial charge in [0.15, 0.2) is 5.82 Å². The fraction of sp³-hybridized carbons (Fsp3) is 0.286. The van der Waals surface area contributed by atoms with Gasteiger partial charge >= 0.3 is 0 Å². The number of hydrogen-bond donors (Lipinski definition) is 1. The van der Waals surface area contributed by atoms with Crippen molar-refractivity contribution in [3.8, 4) is 11.5 Å². The average molecular weight is 397 g/mol. The monoisotopic (exact) mass is 396 g/mol. The van der Waals surface area contributed by atoms with Gasteiger partial charge in [0.1, 0.15) is 18.1 Å². The Morgan fingerprint density at radius 3 is 2.54 bits per heavy atom. The normalized spacial score (nSPS) is 11.0. The maximum absolute atomic E-state index is 5.73. The Balaban J connectivity index is 1.61. The highest BCUT2D eigenvalue weighted by molar-refractivity contribution is 7.71. The summed E-state index contributed by atoms with van der Waals surface area (Å²) in [6.07, 6.45) is 5.19. The van der Waals surface area contributed by atoms with E-state index in [0.29, 0.717) is 10.6 Å². The van der Waals surface area contributed by atoms with Gasteiger partial charge in [-0.3, -0.25) is 0 Å². The number of nitrogens with zero attached hydrogens (tertiary/aromatic N) is 3. The summed E-state index contributed by atoms with van der Waals surface area (Å²) < 4.78 is 13.4. The third-order valence-corrected chi connectivity index (χ3v) is 4.31. The van der Waals surface area contributed by atoms with Crippen molar-refractivity contribution >= 4 is 18.4 Å². The molecule has 3 rings (SSSR count). The van der Waals surface area contributed by atoms with Crippen LogP contribution in [-0.2, 0) is 6.61 Å². The molecular weight excluding hydrogens is 372 g/mol. The first-order valence-electron chi connectivity index (χ1n) is 9.37. The Morgan fingerprint density at radius 2 is 1.79 bits per heavy atom. The van der Waals surface area contributed by atoms with Gasteiger partial charge in [-0.15, -0.1) is 0 Å². The van der Waals surface area contributed by atoms with E-state index in [1.54, 1.807) is 10.9 Å². The van der Waals surface area contributed by atoms with Crippen molar-refractivity contribution in [3.63, 3.8) is 0 Å². The van der Waals surface area contributed by atoms with Gasteiger partial charge in [0.25, 0.3) is 0 Å². The summed E-state index contributed by atoms with van der Waals surface area (Å²) in [5, 5.41) is 11.4. The van der Waals surface area contributed by atoms with Crippen LogP contribution in [0.5, 0.6) is 11.5 Å². The molecule has 146 valence electrons. The lowest BCUT2D eigenvalue weighted by molar-refractivity contribution is 0.290. The standard InChI is InChI=1S/C21H24N4O2S/c1-2-3-7-14-26-19-12-10-17(11-13-19)15-22-25-20(23-24-21(25)28)16-27-18-8-5-4-6-9-18/h4-6,8-13,15H,2-3,7,14,16H2,1H3,(H,24,28)/b22-15+. The molecule has 0 aliphatic rings. The highest BCUT2D eigenvalue weighted by Crippen LogP contribution is 2.13. The number of benzene rings is 2. The Bertz CT molecular complexity index is 933. The smallest absolute Gasteiger partial charge is 0.216 e. The lowest BCUT2D eigenvalue weighted by atomic mass is 10.2. The minimum absolute atomic E-state index is 0.263. The van der Waals surface area contributed by atoms with Gasteiger partial charge in [0.05, 0.1) is 12.8 Å². The molecule has 0 saturated carbocycles. The number of para-hydroxylation sites is 1. The molecule has 0 radical (unpaired) electrons. The van der Waals surface area contributed by atoms with Crippen LogP contribution < -0.4 is 9.47 Å².